The zero-order valence-corrected chi connectivity index (χ0v) is 18.8. The quantitative estimate of drug-likeness (QED) is 0.676. The molecule has 6 nitrogen and oxygen atoms in total. The molecule has 0 saturated heterocycles. The maximum Gasteiger partial charge on any atom is 0.331 e. The molecule has 0 amide bonds. The molecule has 4 fully saturated rings. The Morgan fingerprint density at radius 3 is 2.58 bits per heavy atom. The van der Waals surface area contributed by atoms with E-state index in [0.29, 0.717) is 11.8 Å². The second kappa shape index (κ2) is 6.90. The van der Waals surface area contributed by atoms with Gasteiger partial charge in [-0.15, -0.1) is 0 Å². The highest BCUT2D eigenvalue weighted by Crippen LogP contribution is 2.69. The number of Topliss-reactive ketones (excluding diaryl/α,β-unsaturated/α-hetero) is 1. The Balaban J connectivity index is 1.43. The fourth-order valence-electron chi connectivity index (χ4n) is 8.52. The molecule has 0 aromatic heterocycles. The van der Waals surface area contributed by atoms with E-state index in [1.807, 2.05) is 0 Å². The molecule has 4 saturated carbocycles. The van der Waals surface area contributed by atoms with Gasteiger partial charge in [-0.05, 0) is 73.7 Å². The van der Waals surface area contributed by atoms with Gasteiger partial charge in [-0.1, -0.05) is 13.8 Å². The number of carbonyl (C=O) groups is 3. The highest BCUT2D eigenvalue weighted by atomic mass is 16.5. The lowest BCUT2D eigenvalue weighted by atomic mass is 9.43. The van der Waals surface area contributed by atoms with Crippen molar-refractivity contribution in [2.45, 2.75) is 83.8 Å². The Morgan fingerprint density at radius 1 is 1.13 bits per heavy atom. The minimum Gasteiger partial charge on any atom is -0.463 e. The van der Waals surface area contributed by atoms with E-state index in [1.54, 1.807) is 0 Å². The SMILES string of the molecule is CC(=O)OC1CCC2(C)C(CCC3C2CCC2(C)[C@@H](C4=CC(=O)OC4)C(=O)CC32O)C1. The van der Waals surface area contributed by atoms with Crippen LogP contribution in [-0.2, 0) is 23.9 Å². The Labute approximate surface area is 183 Å². The summed E-state index contributed by atoms with van der Waals surface area (Å²) in [5.41, 5.74) is -0.744. The summed E-state index contributed by atoms with van der Waals surface area (Å²) in [5, 5.41) is 12.2. The summed E-state index contributed by atoms with van der Waals surface area (Å²) in [6.45, 7) is 6.08. The molecule has 0 aromatic rings. The fourth-order valence-corrected chi connectivity index (χ4v) is 8.52. The van der Waals surface area contributed by atoms with Crippen LogP contribution in [0.5, 0.6) is 0 Å². The Bertz CT molecular complexity index is 862. The molecule has 1 N–H and O–H groups in total. The van der Waals surface area contributed by atoms with Gasteiger partial charge in [-0.25, -0.2) is 4.79 Å². The van der Waals surface area contributed by atoms with E-state index in [9.17, 15) is 19.5 Å². The van der Waals surface area contributed by atoms with Crippen LogP contribution in [0.4, 0.5) is 0 Å². The van der Waals surface area contributed by atoms with Crippen molar-refractivity contribution < 1.29 is 29.0 Å². The molecule has 0 radical (unpaired) electrons. The van der Waals surface area contributed by atoms with Crippen molar-refractivity contribution in [3.8, 4) is 0 Å². The second-order valence-corrected chi connectivity index (χ2v) is 11.3. The molecule has 5 rings (SSSR count). The predicted molar refractivity (Wildman–Crippen MR) is 112 cm³/mol. The molecule has 0 spiro atoms. The Kier molecular flexibility index (Phi) is 4.71. The van der Waals surface area contributed by atoms with Gasteiger partial charge >= 0.3 is 11.9 Å². The molecule has 0 bridgehead atoms. The van der Waals surface area contributed by atoms with Gasteiger partial charge in [0.1, 0.15) is 18.5 Å². The van der Waals surface area contributed by atoms with Crippen LogP contribution in [0.15, 0.2) is 11.6 Å². The summed E-state index contributed by atoms with van der Waals surface area (Å²) < 4.78 is 10.7. The highest BCUT2D eigenvalue weighted by Gasteiger charge is 2.70. The Hall–Kier alpha value is -1.69. The molecule has 8 atom stereocenters. The van der Waals surface area contributed by atoms with Gasteiger partial charge in [0.25, 0.3) is 0 Å². The van der Waals surface area contributed by atoms with E-state index in [1.165, 1.54) is 13.0 Å². The van der Waals surface area contributed by atoms with Crippen molar-refractivity contribution in [3.63, 3.8) is 0 Å². The number of hydrogen-bond donors (Lipinski definition) is 1. The smallest absolute Gasteiger partial charge is 0.331 e. The third-order valence-corrected chi connectivity index (χ3v) is 10.0. The molecule has 6 heteroatoms. The third-order valence-electron chi connectivity index (χ3n) is 10.0. The van der Waals surface area contributed by atoms with E-state index in [4.69, 9.17) is 9.47 Å². The molecular formula is C25H34O6. The fraction of sp³-hybridized carbons (Fsp3) is 0.800. The summed E-state index contributed by atoms with van der Waals surface area (Å²) in [5.74, 6) is -0.0142. The molecule has 4 aliphatic carbocycles. The lowest BCUT2D eigenvalue weighted by molar-refractivity contribution is -0.209. The lowest BCUT2D eigenvalue weighted by Crippen LogP contribution is -2.62. The number of ether oxygens (including phenoxy) is 2. The molecule has 5 aliphatic rings. The first-order valence-electron chi connectivity index (χ1n) is 11.9. The number of aliphatic hydroxyl groups is 1. The van der Waals surface area contributed by atoms with Gasteiger partial charge < -0.3 is 14.6 Å². The number of esters is 2. The molecule has 31 heavy (non-hydrogen) atoms. The van der Waals surface area contributed by atoms with Crippen molar-refractivity contribution in [1.29, 1.82) is 0 Å². The normalized spacial score (nSPS) is 48.9. The summed E-state index contributed by atoms with van der Waals surface area (Å²) >= 11 is 0. The van der Waals surface area contributed by atoms with Crippen LogP contribution in [0, 0.1) is 34.5 Å². The van der Waals surface area contributed by atoms with Crippen LogP contribution < -0.4 is 0 Å². The summed E-state index contributed by atoms with van der Waals surface area (Å²) in [4.78, 5) is 36.3. The molecular weight excluding hydrogens is 396 g/mol. The third kappa shape index (κ3) is 2.89. The molecule has 1 aliphatic heterocycles. The van der Waals surface area contributed by atoms with E-state index in [-0.39, 0.29) is 48.2 Å². The number of rotatable bonds is 2. The average Bonchev–Trinajstić information content (AvgIpc) is 3.18. The number of carbonyl (C=O) groups excluding carboxylic acids is 3. The zero-order valence-electron chi connectivity index (χ0n) is 18.8. The first-order chi connectivity index (χ1) is 14.6. The molecule has 170 valence electrons. The van der Waals surface area contributed by atoms with Gasteiger partial charge in [0, 0.05) is 24.8 Å². The van der Waals surface area contributed by atoms with E-state index >= 15 is 0 Å². The van der Waals surface area contributed by atoms with Gasteiger partial charge in [0.05, 0.1) is 11.5 Å². The Morgan fingerprint density at radius 2 is 1.90 bits per heavy atom. The maximum absolute atomic E-state index is 13.2. The van der Waals surface area contributed by atoms with E-state index < -0.39 is 16.9 Å². The number of cyclic esters (lactones) is 1. The minimum atomic E-state index is -1.04. The summed E-state index contributed by atoms with van der Waals surface area (Å²) in [7, 11) is 0. The largest absolute Gasteiger partial charge is 0.463 e. The maximum atomic E-state index is 13.2. The van der Waals surface area contributed by atoms with Crippen LogP contribution in [0.2, 0.25) is 0 Å². The van der Waals surface area contributed by atoms with Crippen LogP contribution >= 0.6 is 0 Å². The van der Waals surface area contributed by atoms with Gasteiger partial charge in [0.2, 0.25) is 0 Å². The molecule has 7 unspecified atom stereocenters. The van der Waals surface area contributed by atoms with Crippen molar-refractivity contribution in [2.75, 3.05) is 6.61 Å². The standard InChI is InChI=1S/C25H34O6/c1-14(26)31-17-6-8-23(2)16(11-17)4-5-19-18(23)7-9-24(3)22(15-10-21(28)30-13-15)20(27)12-25(19,24)29/h10,16-19,22,29H,4-9,11-13H2,1-3H3/t16?,17?,18?,19?,22-,23?,24?,25?/m0/s1. The van der Waals surface area contributed by atoms with Crippen molar-refractivity contribution in [1.82, 2.24) is 0 Å². The topological polar surface area (TPSA) is 89.9 Å². The average molecular weight is 431 g/mol. The second-order valence-electron chi connectivity index (χ2n) is 11.3. The van der Waals surface area contributed by atoms with Crippen molar-refractivity contribution in [2.24, 2.45) is 34.5 Å². The predicted octanol–water partition coefficient (Wildman–Crippen LogP) is 3.35. The van der Waals surface area contributed by atoms with Gasteiger partial charge in [-0.3, -0.25) is 9.59 Å². The van der Waals surface area contributed by atoms with Crippen LogP contribution in [0.1, 0.15) is 72.1 Å². The first-order valence-corrected chi connectivity index (χ1v) is 11.9. The van der Waals surface area contributed by atoms with Crippen LogP contribution in [0.25, 0.3) is 0 Å². The van der Waals surface area contributed by atoms with E-state index in [0.717, 1.165) is 50.5 Å². The zero-order chi connectivity index (χ0) is 22.2. The summed E-state index contributed by atoms with van der Waals surface area (Å²) in [6, 6.07) is 0. The number of hydrogen-bond acceptors (Lipinski definition) is 6. The molecule has 1 heterocycles. The highest BCUT2D eigenvalue weighted by molar-refractivity contribution is 5.93. The number of fused-ring (bicyclic) bond motifs is 5. The van der Waals surface area contributed by atoms with Gasteiger partial charge in [-0.2, -0.15) is 0 Å². The first kappa shape index (κ1) is 21.2. The van der Waals surface area contributed by atoms with Crippen molar-refractivity contribution >= 4 is 17.7 Å². The van der Waals surface area contributed by atoms with Gasteiger partial charge in [0.15, 0.2) is 0 Å². The number of ketones is 1. The van der Waals surface area contributed by atoms with Crippen LogP contribution in [-0.4, -0.2) is 41.1 Å². The lowest BCUT2D eigenvalue weighted by Gasteiger charge is -2.63. The minimum absolute atomic E-state index is 0.00773. The van der Waals surface area contributed by atoms with Crippen LogP contribution in [0.3, 0.4) is 0 Å². The molecule has 0 aromatic carbocycles. The van der Waals surface area contributed by atoms with E-state index in [2.05, 4.69) is 13.8 Å². The monoisotopic (exact) mass is 430 g/mol. The summed E-state index contributed by atoms with van der Waals surface area (Å²) in [6.07, 6.45) is 8.10. The van der Waals surface area contributed by atoms with Crippen molar-refractivity contribution in [3.05, 3.63) is 11.6 Å².